The van der Waals surface area contributed by atoms with Crippen molar-refractivity contribution in [2.45, 2.75) is 90.1 Å². The highest BCUT2D eigenvalue weighted by Gasteiger charge is 2.23. The Balaban J connectivity index is 3.36. The quantitative estimate of drug-likeness (QED) is 0.169. The fourth-order valence-corrected chi connectivity index (χ4v) is 2.60. The molecule has 5 nitrogen and oxygen atoms in total. The molecule has 2 atom stereocenters. The van der Waals surface area contributed by atoms with E-state index in [9.17, 15) is 9.90 Å². The van der Waals surface area contributed by atoms with E-state index >= 15 is 0 Å². The first-order valence-electron chi connectivity index (χ1n) is 9.42. The maximum absolute atomic E-state index is 11.0. The van der Waals surface area contributed by atoms with Crippen molar-refractivity contribution in [1.82, 2.24) is 0 Å². The van der Waals surface area contributed by atoms with Crippen LogP contribution in [0.15, 0.2) is 12.2 Å². The molecule has 0 rings (SSSR count). The highest BCUT2D eigenvalue weighted by Crippen LogP contribution is 2.14. The lowest BCUT2D eigenvalue weighted by Gasteiger charge is -2.15. The maximum atomic E-state index is 11.0. The number of aliphatic hydroxyl groups is 2. The van der Waals surface area contributed by atoms with Crippen LogP contribution in [0.25, 0.3) is 0 Å². The summed E-state index contributed by atoms with van der Waals surface area (Å²) in [5.41, 5.74) is 0. The summed E-state index contributed by atoms with van der Waals surface area (Å²) in [6.45, 7) is 1.87. The maximum Gasteiger partial charge on any atom is 0.347 e. The fraction of sp³-hybridized carbons (Fsp3) is 0.842. The molecule has 0 saturated heterocycles. The lowest BCUT2D eigenvalue weighted by molar-refractivity contribution is -0.241. The van der Waals surface area contributed by atoms with E-state index in [0.717, 1.165) is 44.9 Å². The number of allylic oxidation sites excluding steroid dienone is 2. The number of unbranched alkanes of at least 4 members (excludes halogenated alkanes) is 9. The summed E-state index contributed by atoms with van der Waals surface area (Å²) in [7, 11) is 0. The largest absolute Gasteiger partial charge is 0.396 e. The highest BCUT2D eigenvalue weighted by atomic mass is 17.1. The molecular weight excluding hydrogens is 308 g/mol. The van der Waals surface area contributed by atoms with Gasteiger partial charge in [0.1, 0.15) is 0 Å². The fourth-order valence-electron chi connectivity index (χ4n) is 2.60. The van der Waals surface area contributed by atoms with Gasteiger partial charge in [-0.1, -0.05) is 50.7 Å². The smallest absolute Gasteiger partial charge is 0.347 e. The summed E-state index contributed by atoms with van der Waals surface area (Å²) in [5, 5.41) is 26.7. The molecule has 24 heavy (non-hydrogen) atoms. The van der Waals surface area contributed by atoms with Gasteiger partial charge in [0.25, 0.3) is 0 Å². The lowest BCUT2D eigenvalue weighted by Crippen LogP contribution is -2.26. The van der Waals surface area contributed by atoms with Crippen molar-refractivity contribution in [3.8, 4) is 0 Å². The molecule has 0 aliphatic heterocycles. The molecule has 142 valence electrons. The first-order chi connectivity index (χ1) is 11.6. The number of aliphatic hydroxyl groups excluding tert-OH is 2. The summed E-state index contributed by atoms with van der Waals surface area (Å²) >= 11 is 0. The van der Waals surface area contributed by atoms with Crippen LogP contribution in [0.4, 0.5) is 0 Å². The minimum absolute atomic E-state index is 0.315. The molecule has 2 unspecified atom stereocenters. The summed E-state index contributed by atoms with van der Waals surface area (Å²) in [6, 6.07) is 0. The van der Waals surface area contributed by atoms with Crippen molar-refractivity contribution < 1.29 is 25.2 Å². The second-order valence-corrected chi connectivity index (χ2v) is 6.51. The molecule has 0 spiro atoms. The molecule has 0 bridgehead atoms. The molecule has 0 fully saturated rings. The molecule has 0 amide bonds. The van der Waals surface area contributed by atoms with Crippen LogP contribution in [0, 0.1) is 5.92 Å². The van der Waals surface area contributed by atoms with E-state index in [1.165, 1.54) is 25.7 Å². The molecule has 0 saturated carbocycles. The molecule has 0 radical (unpaired) electrons. The molecule has 0 aliphatic carbocycles. The third-order valence-corrected chi connectivity index (χ3v) is 4.36. The predicted molar refractivity (Wildman–Crippen MR) is 95.5 cm³/mol. The van der Waals surface area contributed by atoms with Crippen molar-refractivity contribution in [3.63, 3.8) is 0 Å². The Hall–Kier alpha value is -0.910. The van der Waals surface area contributed by atoms with E-state index in [-0.39, 0.29) is 0 Å². The Kier molecular flexibility index (Phi) is 16.3. The molecule has 0 heterocycles. The Morgan fingerprint density at radius 2 is 1.42 bits per heavy atom. The predicted octanol–water partition coefficient (Wildman–Crippen LogP) is 4.23. The van der Waals surface area contributed by atoms with Crippen molar-refractivity contribution in [1.29, 1.82) is 0 Å². The molecule has 3 N–H and O–H groups in total. The van der Waals surface area contributed by atoms with E-state index in [0.29, 0.717) is 13.0 Å². The van der Waals surface area contributed by atoms with Gasteiger partial charge in [0.2, 0.25) is 0 Å². The van der Waals surface area contributed by atoms with Gasteiger partial charge in [-0.15, -0.1) is 0 Å². The standard InChI is InChI=1S/C19H36O5/c1-17(19(22)24-23)18(21)15-13-11-9-7-5-3-2-4-6-8-10-12-14-16-20/h3,5,17-18,20-21,23H,2,4,6-16H2,1H3/b5-3-. The zero-order valence-corrected chi connectivity index (χ0v) is 15.2. The zero-order chi connectivity index (χ0) is 18.0. The summed E-state index contributed by atoms with van der Waals surface area (Å²) < 4.78 is 0. The van der Waals surface area contributed by atoms with Gasteiger partial charge < -0.3 is 15.1 Å². The normalized spacial score (nSPS) is 14.0. The van der Waals surface area contributed by atoms with Gasteiger partial charge in [-0.3, -0.25) is 0 Å². The van der Waals surface area contributed by atoms with Gasteiger partial charge in [-0.25, -0.2) is 4.79 Å². The minimum atomic E-state index is -0.779. The Bertz CT molecular complexity index is 317. The first kappa shape index (κ1) is 23.1. The number of carbonyl (C=O) groups is 1. The van der Waals surface area contributed by atoms with Gasteiger partial charge in [-0.05, 0) is 45.4 Å². The van der Waals surface area contributed by atoms with Gasteiger partial charge in [0, 0.05) is 6.61 Å². The van der Waals surface area contributed by atoms with Gasteiger partial charge in [-0.2, -0.15) is 5.26 Å². The van der Waals surface area contributed by atoms with Gasteiger partial charge in [0.15, 0.2) is 0 Å². The number of hydrogen-bond donors (Lipinski definition) is 3. The molecular formula is C19H36O5. The number of hydrogen-bond acceptors (Lipinski definition) is 5. The van der Waals surface area contributed by atoms with Crippen LogP contribution < -0.4 is 0 Å². The number of carbonyl (C=O) groups excluding carboxylic acids is 1. The number of rotatable bonds is 16. The van der Waals surface area contributed by atoms with Gasteiger partial charge in [0.05, 0.1) is 12.0 Å². The lowest BCUT2D eigenvalue weighted by atomic mass is 9.99. The average Bonchev–Trinajstić information content (AvgIpc) is 2.60. The monoisotopic (exact) mass is 344 g/mol. The Morgan fingerprint density at radius 3 is 1.96 bits per heavy atom. The first-order valence-corrected chi connectivity index (χ1v) is 9.42. The second-order valence-electron chi connectivity index (χ2n) is 6.51. The van der Waals surface area contributed by atoms with E-state index in [1.54, 1.807) is 6.92 Å². The van der Waals surface area contributed by atoms with Crippen molar-refractivity contribution in [2.24, 2.45) is 5.92 Å². The van der Waals surface area contributed by atoms with Crippen LogP contribution in [0.2, 0.25) is 0 Å². The third-order valence-electron chi connectivity index (χ3n) is 4.36. The summed E-state index contributed by atoms with van der Waals surface area (Å²) in [5.74, 6) is -1.46. The Labute approximate surface area is 146 Å². The molecule has 0 aliphatic rings. The molecule has 0 aromatic heterocycles. The van der Waals surface area contributed by atoms with Crippen LogP contribution in [0.5, 0.6) is 0 Å². The Morgan fingerprint density at radius 1 is 0.917 bits per heavy atom. The van der Waals surface area contributed by atoms with E-state index in [4.69, 9.17) is 10.4 Å². The van der Waals surface area contributed by atoms with E-state index < -0.39 is 18.0 Å². The van der Waals surface area contributed by atoms with Crippen molar-refractivity contribution in [3.05, 3.63) is 12.2 Å². The van der Waals surface area contributed by atoms with E-state index in [2.05, 4.69) is 17.0 Å². The topological polar surface area (TPSA) is 87.0 Å². The highest BCUT2D eigenvalue weighted by molar-refractivity contribution is 5.71. The molecule has 5 heteroatoms. The van der Waals surface area contributed by atoms with Crippen molar-refractivity contribution >= 4 is 5.97 Å². The van der Waals surface area contributed by atoms with Crippen LogP contribution in [-0.4, -0.2) is 34.2 Å². The van der Waals surface area contributed by atoms with Crippen LogP contribution in [0.3, 0.4) is 0 Å². The second kappa shape index (κ2) is 16.9. The van der Waals surface area contributed by atoms with Gasteiger partial charge >= 0.3 is 5.97 Å². The molecule has 0 aromatic carbocycles. The summed E-state index contributed by atoms with van der Waals surface area (Å²) in [4.78, 5) is 14.7. The van der Waals surface area contributed by atoms with Crippen molar-refractivity contribution in [2.75, 3.05) is 6.61 Å². The minimum Gasteiger partial charge on any atom is -0.396 e. The SMILES string of the molecule is CC(C(=O)OO)C(O)CCCCC/C=C\CCCCCCCCO. The summed E-state index contributed by atoms with van der Waals surface area (Å²) in [6.07, 6.45) is 16.5. The third kappa shape index (κ3) is 13.5. The van der Waals surface area contributed by atoms with Crippen LogP contribution >= 0.6 is 0 Å². The zero-order valence-electron chi connectivity index (χ0n) is 15.2. The molecule has 0 aromatic rings. The average molecular weight is 344 g/mol. The van der Waals surface area contributed by atoms with Crippen LogP contribution in [0.1, 0.15) is 84.0 Å². The van der Waals surface area contributed by atoms with Crippen LogP contribution in [-0.2, 0) is 9.68 Å². The van der Waals surface area contributed by atoms with E-state index in [1.807, 2.05) is 0 Å².